The molecular weight excluding hydrogens is 411 g/mol. The zero-order valence-corrected chi connectivity index (χ0v) is 18.9. The predicted molar refractivity (Wildman–Crippen MR) is 121 cm³/mol. The van der Waals surface area contributed by atoms with Gasteiger partial charge >= 0.3 is 0 Å². The highest BCUT2D eigenvalue weighted by Gasteiger charge is 2.46. The van der Waals surface area contributed by atoms with Crippen LogP contribution >= 0.6 is 0 Å². The molecule has 0 spiro atoms. The van der Waals surface area contributed by atoms with Crippen molar-refractivity contribution in [3.63, 3.8) is 0 Å². The number of ether oxygens (including phenoxy) is 1. The van der Waals surface area contributed by atoms with E-state index in [0.29, 0.717) is 30.0 Å². The Morgan fingerprint density at radius 3 is 2.34 bits per heavy atom. The zero-order valence-electron chi connectivity index (χ0n) is 18.9. The van der Waals surface area contributed by atoms with Gasteiger partial charge in [0.1, 0.15) is 17.3 Å². The van der Waals surface area contributed by atoms with Crippen molar-refractivity contribution < 1.29 is 23.8 Å². The van der Waals surface area contributed by atoms with Gasteiger partial charge in [-0.2, -0.15) is 0 Å². The second-order valence-electron chi connectivity index (χ2n) is 7.76. The Kier molecular flexibility index (Phi) is 7.30. The van der Waals surface area contributed by atoms with Gasteiger partial charge in [-0.3, -0.25) is 9.59 Å². The number of benzene rings is 2. The van der Waals surface area contributed by atoms with Crippen molar-refractivity contribution >= 4 is 17.4 Å². The summed E-state index contributed by atoms with van der Waals surface area (Å²) in [5, 5.41) is 11.0. The van der Waals surface area contributed by atoms with Gasteiger partial charge in [0.2, 0.25) is 0 Å². The average molecular weight is 441 g/mol. The van der Waals surface area contributed by atoms with Gasteiger partial charge in [-0.05, 0) is 49.3 Å². The summed E-state index contributed by atoms with van der Waals surface area (Å²) in [5.41, 5.74) is 1.21. The fourth-order valence-electron chi connectivity index (χ4n) is 3.93. The van der Waals surface area contributed by atoms with Gasteiger partial charge in [0.05, 0.1) is 18.7 Å². The van der Waals surface area contributed by atoms with E-state index in [1.165, 1.54) is 17.0 Å². The van der Waals surface area contributed by atoms with Gasteiger partial charge in [0.25, 0.3) is 11.7 Å². The van der Waals surface area contributed by atoms with E-state index in [-0.39, 0.29) is 16.9 Å². The molecule has 0 aliphatic carbocycles. The van der Waals surface area contributed by atoms with Crippen molar-refractivity contribution in [1.29, 1.82) is 0 Å². The molecule has 0 bridgehead atoms. The zero-order chi connectivity index (χ0) is 23.4. The minimum Gasteiger partial charge on any atom is -0.507 e. The van der Waals surface area contributed by atoms with Gasteiger partial charge in [-0.1, -0.05) is 38.1 Å². The predicted octanol–water partition coefficient (Wildman–Crippen LogP) is 3.91. The van der Waals surface area contributed by atoms with Crippen molar-refractivity contribution in [2.75, 3.05) is 33.3 Å². The Morgan fingerprint density at radius 2 is 1.78 bits per heavy atom. The highest BCUT2D eigenvalue weighted by molar-refractivity contribution is 6.46. The Balaban J connectivity index is 2.11. The van der Waals surface area contributed by atoms with Gasteiger partial charge in [0.15, 0.2) is 0 Å². The molecule has 2 aromatic rings. The van der Waals surface area contributed by atoms with Crippen LogP contribution in [0.2, 0.25) is 0 Å². The summed E-state index contributed by atoms with van der Waals surface area (Å²) in [6, 6.07) is 10.5. The lowest BCUT2D eigenvalue weighted by Crippen LogP contribution is -2.38. The number of hydrogen-bond acceptors (Lipinski definition) is 5. The Morgan fingerprint density at radius 1 is 1.12 bits per heavy atom. The van der Waals surface area contributed by atoms with Crippen LogP contribution in [0.15, 0.2) is 48.0 Å². The number of carbonyl (C=O) groups excluding carboxylic acids is 2. The molecule has 1 atom stereocenters. The van der Waals surface area contributed by atoms with Crippen LogP contribution < -0.4 is 4.74 Å². The van der Waals surface area contributed by atoms with Crippen LogP contribution in [0, 0.1) is 12.7 Å². The molecule has 0 saturated carbocycles. The van der Waals surface area contributed by atoms with Crippen LogP contribution in [0.25, 0.3) is 5.76 Å². The first-order valence-electron chi connectivity index (χ1n) is 10.7. The van der Waals surface area contributed by atoms with E-state index in [0.717, 1.165) is 13.1 Å². The van der Waals surface area contributed by atoms with E-state index in [9.17, 15) is 19.1 Å². The summed E-state index contributed by atoms with van der Waals surface area (Å²) >= 11 is 0. The van der Waals surface area contributed by atoms with Crippen molar-refractivity contribution in [3.8, 4) is 5.75 Å². The molecule has 1 aliphatic rings. The number of Topliss-reactive ketones (excluding diaryl/α,β-unsaturated/α-hetero) is 1. The molecular formula is C25H29FN2O4. The largest absolute Gasteiger partial charge is 0.507 e. The second kappa shape index (κ2) is 9.96. The Hall–Kier alpha value is -3.19. The third-order valence-electron chi connectivity index (χ3n) is 5.97. The molecule has 1 amide bonds. The molecule has 1 fully saturated rings. The maximum atomic E-state index is 14.2. The number of aliphatic hydroxyl groups is 1. The number of rotatable bonds is 8. The molecule has 0 unspecified atom stereocenters. The topological polar surface area (TPSA) is 70.1 Å². The highest BCUT2D eigenvalue weighted by Crippen LogP contribution is 2.39. The fourth-order valence-corrected chi connectivity index (χ4v) is 3.93. The monoisotopic (exact) mass is 440 g/mol. The van der Waals surface area contributed by atoms with Gasteiger partial charge in [-0.25, -0.2) is 4.39 Å². The Labute approximate surface area is 187 Å². The lowest BCUT2D eigenvalue weighted by atomic mass is 9.95. The number of ketones is 1. The van der Waals surface area contributed by atoms with Crippen LogP contribution in [0.3, 0.4) is 0 Å². The molecule has 7 heteroatoms. The Bertz CT molecular complexity index is 1030. The summed E-state index contributed by atoms with van der Waals surface area (Å²) in [6.45, 7) is 8.22. The minimum atomic E-state index is -0.777. The second-order valence-corrected chi connectivity index (χ2v) is 7.76. The van der Waals surface area contributed by atoms with E-state index in [1.807, 2.05) is 13.8 Å². The van der Waals surface area contributed by atoms with E-state index in [2.05, 4.69) is 4.90 Å². The van der Waals surface area contributed by atoms with E-state index < -0.39 is 23.5 Å². The molecule has 2 aromatic carbocycles. The lowest BCUT2D eigenvalue weighted by molar-refractivity contribution is -0.140. The summed E-state index contributed by atoms with van der Waals surface area (Å²) in [7, 11) is 1.55. The minimum absolute atomic E-state index is 0.0389. The van der Waals surface area contributed by atoms with Crippen molar-refractivity contribution in [3.05, 3.63) is 70.5 Å². The maximum absolute atomic E-state index is 14.2. The SMILES string of the molecule is CCN(CC)CCN1C(=O)C(=O)C(=C(O)c2ccc(C)c(F)c2)[C@@H]1c1ccc(OC)cc1. The number of likely N-dealkylation sites (N-methyl/N-ethyl adjacent to an activating group) is 1. The number of carbonyl (C=O) groups is 2. The molecule has 170 valence electrons. The summed E-state index contributed by atoms with van der Waals surface area (Å²) in [5.74, 6) is -1.69. The quantitative estimate of drug-likeness (QED) is 0.383. The third kappa shape index (κ3) is 4.53. The number of hydrogen-bond donors (Lipinski definition) is 1. The third-order valence-corrected chi connectivity index (χ3v) is 5.97. The van der Waals surface area contributed by atoms with Crippen molar-refractivity contribution in [1.82, 2.24) is 9.80 Å². The van der Waals surface area contributed by atoms with Gasteiger partial charge in [0, 0.05) is 18.7 Å². The first kappa shape index (κ1) is 23.5. The van der Waals surface area contributed by atoms with E-state index in [1.54, 1.807) is 44.4 Å². The van der Waals surface area contributed by atoms with Crippen LogP contribution in [0.1, 0.15) is 36.6 Å². The molecule has 0 aromatic heterocycles. The normalized spacial score (nSPS) is 17.9. The molecule has 0 radical (unpaired) electrons. The number of halogens is 1. The molecule has 1 aliphatic heterocycles. The number of nitrogens with zero attached hydrogens (tertiary/aromatic N) is 2. The smallest absolute Gasteiger partial charge is 0.295 e. The molecule has 6 nitrogen and oxygen atoms in total. The van der Waals surface area contributed by atoms with E-state index in [4.69, 9.17) is 4.74 Å². The number of aliphatic hydroxyl groups excluding tert-OH is 1. The average Bonchev–Trinajstić information content (AvgIpc) is 3.06. The lowest BCUT2D eigenvalue weighted by Gasteiger charge is -2.28. The van der Waals surface area contributed by atoms with Crippen molar-refractivity contribution in [2.24, 2.45) is 0 Å². The number of amides is 1. The fraction of sp³-hybridized carbons (Fsp3) is 0.360. The van der Waals surface area contributed by atoms with Crippen LogP contribution in [0.5, 0.6) is 5.75 Å². The molecule has 3 rings (SSSR count). The van der Waals surface area contributed by atoms with Crippen LogP contribution in [0.4, 0.5) is 4.39 Å². The summed E-state index contributed by atoms with van der Waals surface area (Å²) in [6.07, 6.45) is 0. The number of aryl methyl sites for hydroxylation is 1. The number of methoxy groups -OCH3 is 1. The first-order valence-corrected chi connectivity index (χ1v) is 10.7. The van der Waals surface area contributed by atoms with Crippen molar-refractivity contribution in [2.45, 2.75) is 26.8 Å². The van der Waals surface area contributed by atoms with Gasteiger partial charge in [-0.15, -0.1) is 0 Å². The molecule has 1 saturated heterocycles. The highest BCUT2D eigenvalue weighted by atomic mass is 19.1. The summed E-state index contributed by atoms with van der Waals surface area (Å²) < 4.78 is 19.4. The standard InChI is InChI=1S/C25H29FN2O4/c1-5-27(6-2)13-14-28-22(17-9-11-19(32-4)12-10-17)21(24(30)25(28)31)23(29)18-8-7-16(3)20(26)15-18/h7-12,15,22,29H,5-6,13-14H2,1-4H3/t22-/m0/s1. The number of likely N-dealkylation sites (tertiary alicyclic amines) is 1. The molecule has 1 N–H and O–H groups in total. The van der Waals surface area contributed by atoms with Crippen LogP contribution in [-0.2, 0) is 9.59 Å². The van der Waals surface area contributed by atoms with Gasteiger partial charge < -0.3 is 19.6 Å². The van der Waals surface area contributed by atoms with E-state index >= 15 is 0 Å². The molecule has 1 heterocycles. The van der Waals surface area contributed by atoms with Crippen LogP contribution in [-0.4, -0.2) is 59.9 Å². The molecule has 32 heavy (non-hydrogen) atoms. The maximum Gasteiger partial charge on any atom is 0.295 e. The first-order chi connectivity index (χ1) is 15.3. The summed E-state index contributed by atoms with van der Waals surface area (Å²) in [4.78, 5) is 29.7.